The smallest absolute Gasteiger partial charge is 0.0674 e. The Bertz CT molecular complexity index is 592. The zero-order valence-electron chi connectivity index (χ0n) is 10.5. The van der Waals surface area contributed by atoms with Crippen LogP contribution < -0.4 is 0 Å². The highest BCUT2D eigenvalue weighted by atomic mass is 79.9. The maximum atomic E-state index is 10.1. The Kier molecular flexibility index (Phi) is 6.24. The summed E-state index contributed by atoms with van der Waals surface area (Å²) < 4.78 is 1.04. The van der Waals surface area contributed by atoms with Crippen molar-refractivity contribution in [1.82, 2.24) is 0 Å². The Labute approximate surface area is 141 Å². The first-order valence-corrected chi connectivity index (χ1v) is 8.59. The van der Waals surface area contributed by atoms with Crippen LogP contribution >= 0.6 is 50.9 Å². The summed E-state index contributed by atoms with van der Waals surface area (Å²) >= 11 is 17.1. The molecule has 1 N–H and O–H groups in total. The summed E-state index contributed by atoms with van der Waals surface area (Å²) in [7, 11) is 0. The van der Waals surface area contributed by atoms with Gasteiger partial charge in [-0.05, 0) is 45.8 Å². The van der Waals surface area contributed by atoms with Gasteiger partial charge in [0, 0.05) is 31.6 Å². The van der Waals surface area contributed by atoms with E-state index in [9.17, 15) is 5.11 Å². The number of aliphatic hydroxyl groups excluding tert-OH is 1. The van der Waals surface area contributed by atoms with E-state index in [0.717, 1.165) is 14.9 Å². The summed E-state index contributed by atoms with van der Waals surface area (Å²) in [4.78, 5) is 1.12. The molecule has 0 saturated carbocycles. The molecule has 106 valence electrons. The molecule has 1 unspecified atom stereocenters. The molecule has 1 nitrogen and oxygen atoms in total. The lowest BCUT2D eigenvalue weighted by atomic mass is 10.1. The predicted molar refractivity (Wildman–Crippen MR) is 91.0 cm³/mol. The van der Waals surface area contributed by atoms with Gasteiger partial charge in [-0.15, -0.1) is 11.8 Å². The molecule has 5 heteroatoms. The van der Waals surface area contributed by atoms with Gasteiger partial charge < -0.3 is 5.11 Å². The van der Waals surface area contributed by atoms with Gasteiger partial charge in [0.2, 0.25) is 0 Å². The summed E-state index contributed by atoms with van der Waals surface area (Å²) in [5.74, 6) is 0.613. The molecule has 2 aromatic rings. The number of hydrogen-bond acceptors (Lipinski definition) is 2. The van der Waals surface area contributed by atoms with Crippen molar-refractivity contribution >= 4 is 50.9 Å². The normalized spacial score (nSPS) is 12.4. The Balaban J connectivity index is 1.92. The van der Waals surface area contributed by atoms with E-state index in [1.165, 1.54) is 0 Å². The first-order valence-electron chi connectivity index (χ1n) is 6.05. The molecule has 0 aliphatic carbocycles. The van der Waals surface area contributed by atoms with Crippen molar-refractivity contribution in [3.05, 3.63) is 62.5 Å². The molecule has 0 saturated heterocycles. The van der Waals surface area contributed by atoms with Crippen LogP contribution in [-0.4, -0.2) is 17.0 Å². The molecule has 2 aromatic carbocycles. The van der Waals surface area contributed by atoms with Gasteiger partial charge in [-0.25, -0.2) is 0 Å². The van der Waals surface area contributed by atoms with Crippen LogP contribution in [0.4, 0.5) is 0 Å². The molecular formula is C15H13BrCl2OS. The average molecular weight is 392 g/mol. The molecular weight excluding hydrogens is 379 g/mol. The minimum Gasteiger partial charge on any atom is -0.392 e. The number of halogens is 3. The minimum atomic E-state index is -0.453. The molecule has 0 aromatic heterocycles. The lowest BCUT2D eigenvalue weighted by molar-refractivity contribution is 0.200. The molecule has 0 amide bonds. The van der Waals surface area contributed by atoms with Gasteiger partial charge in [0.1, 0.15) is 0 Å². The lowest BCUT2D eigenvalue weighted by Crippen LogP contribution is -2.13. The second-order valence-corrected chi connectivity index (χ2v) is 7.09. The van der Waals surface area contributed by atoms with E-state index < -0.39 is 6.10 Å². The van der Waals surface area contributed by atoms with Crippen molar-refractivity contribution in [3.63, 3.8) is 0 Å². The van der Waals surface area contributed by atoms with Crippen molar-refractivity contribution in [2.45, 2.75) is 17.4 Å². The second-order valence-electron chi connectivity index (χ2n) is 4.34. The zero-order valence-corrected chi connectivity index (χ0v) is 14.4. The summed E-state index contributed by atoms with van der Waals surface area (Å²) in [6.07, 6.45) is 0.0683. The number of thioether (sulfide) groups is 1. The van der Waals surface area contributed by atoms with E-state index >= 15 is 0 Å². The topological polar surface area (TPSA) is 20.2 Å². The van der Waals surface area contributed by atoms with Crippen LogP contribution in [0.15, 0.2) is 51.8 Å². The molecule has 2 rings (SSSR count). The Morgan fingerprint density at radius 1 is 1.15 bits per heavy atom. The van der Waals surface area contributed by atoms with Gasteiger partial charge in [0.15, 0.2) is 0 Å². The first-order chi connectivity index (χ1) is 9.56. The van der Waals surface area contributed by atoms with E-state index in [-0.39, 0.29) is 0 Å². The van der Waals surface area contributed by atoms with Gasteiger partial charge in [0.05, 0.1) is 6.10 Å². The minimum absolute atomic E-state index is 0.453. The van der Waals surface area contributed by atoms with Crippen LogP contribution in [0.2, 0.25) is 10.0 Å². The number of benzene rings is 2. The molecule has 0 aliphatic rings. The molecule has 20 heavy (non-hydrogen) atoms. The van der Waals surface area contributed by atoms with Crippen molar-refractivity contribution < 1.29 is 5.11 Å². The quantitative estimate of drug-likeness (QED) is 0.683. The highest BCUT2D eigenvalue weighted by molar-refractivity contribution is 9.10. The Morgan fingerprint density at radius 3 is 2.60 bits per heavy atom. The van der Waals surface area contributed by atoms with Crippen LogP contribution in [0.25, 0.3) is 0 Å². The van der Waals surface area contributed by atoms with Gasteiger partial charge in [-0.2, -0.15) is 0 Å². The van der Waals surface area contributed by atoms with Gasteiger partial charge in [-0.3, -0.25) is 0 Å². The van der Waals surface area contributed by atoms with Crippen LogP contribution in [0, 0.1) is 0 Å². The third kappa shape index (κ3) is 4.68. The molecule has 0 spiro atoms. The largest absolute Gasteiger partial charge is 0.392 e. The monoisotopic (exact) mass is 390 g/mol. The molecule has 0 heterocycles. The average Bonchev–Trinajstić information content (AvgIpc) is 2.41. The second kappa shape index (κ2) is 7.71. The van der Waals surface area contributed by atoms with E-state index in [1.807, 2.05) is 30.3 Å². The predicted octanol–water partition coefficient (Wildman–Crippen LogP) is 5.45. The van der Waals surface area contributed by atoms with Crippen LogP contribution in [0.1, 0.15) is 5.56 Å². The van der Waals surface area contributed by atoms with E-state index in [2.05, 4.69) is 15.9 Å². The molecule has 0 aliphatic heterocycles. The summed E-state index contributed by atoms with van der Waals surface area (Å²) in [6.45, 7) is 0. The lowest BCUT2D eigenvalue weighted by Gasteiger charge is -2.12. The van der Waals surface area contributed by atoms with Crippen molar-refractivity contribution in [2.75, 3.05) is 5.75 Å². The SMILES string of the molecule is OC(CSc1ccccc1Br)Cc1ccc(Cl)cc1Cl. The summed E-state index contributed by atoms with van der Waals surface area (Å²) in [6, 6.07) is 13.3. The third-order valence-electron chi connectivity index (χ3n) is 2.74. The Morgan fingerprint density at radius 2 is 1.90 bits per heavy atom. The number of aliphatic hydroxyl groups is 1. The van der Waals surface area contributed by atoms with Crippen LogP contribution in [-0.2, 0) is 6.42 Å². The number of rotatable bonds is 5. The Hall–Kier alpha value is -0.190. The van der Waals surface area contributed by atoms with Crippen LogP contribution in [0.3, 0.4) is 0 Å². The summed E-state index contributed by atoms with van der Waals surface area (Å²) in [5.41, 5.74) is 0.913. The fourth-order valence-corrected chi connectivity index (χ4v) is 3.73. The molecule has 0 bridgehead atoms. The standard InChI is InChI=1S/C15H13BrCl2OS/c16-13-3-1-2-4-15(13)20-9-12(19)7-10-5-6-11(17)8-14(10)18/h1-6,8,12,19H,7,9H2. The maximum Gasteiger partial charge on any atom is 0.0674 e. The van der Waals surface area contributed by atoms with Crippen molar-refractivity contribution in [3.8, 4) is 0 Å². The zero-order chi connectivity index (χ0) is 14.5. The fourth-order valence-electron chi connectivity index (χ4n) is 1.75. The molecule has 0 fully saturated rings. The number of hydrogen-bond donors (Lipinski definition) is 1. The fraction of sp³-hybridized carbons (Fsp3) is 0.200. The van der Waals surface area contributed by atoms with Gasteiger partial charge in [-0.1, -0.05) is 41.4 Å². The van der Waals surface area contributed by atoms with Gasteiger partial charge in [0.25, 0.3) is 0 Å². The highest BCUT2D eigenvalue weighted by Crippen LogP contribution is 2.28. The molecule has 0 radical (unpaired) electrons. The van der Waals surface area contributed by atoms with Gasteiger partial charge >= 0.3 is 0 Å². The van der Waals surface area contributed by atoms with E-state index in [4.69, 9.17) is 23.2 Å². The maximum absolute atomic E-state index is 10.1. The van der Waals surface area contributed by atoms with E-state index in [1.54, 1.807) is 23.9 Å². The summed E-state index contributed by atoms with van der Waals surface area (Å²) in [5, 5.41) is 11.3. The first kappa shape index (κ1) is 16.2. The van der Waals surface area contributed by atoms with Crippen LogP contribution in [0.5, 0.6) is 0 Å². The van der Waals surface area contributed by atoms with Crippen molar-refractivity contribution in [1.29, 1.82) is 0 Å². The van der Waals surface area contributed by atoms with Crippen molar-refractivity contribution in [2.24, 2.45) is 0 Å². The van der Waals surface area contributed by atoms with E-state index in [0.29, 0.717) is 22.2 Å². The highest BCUT2D eigenvalue weighted by Gasteiger charge is 2.10. The third-order valence-corrected chi connectivity index (χ3v) is 5.50. The molecule has 1 atom stereocenters.